The van der Waals surface area contributed by atoms with Crippen molar-refractivity contribution < 1.29 is 9.53 Å². The highest BCUT2D eigenvalue weighted by atomic mass is 16.5. The number of anilines is 1. The molecule has 8 heteroatoms. The van der Waals surface area contributed by atoms with Crippen LogP contribution < -0.4 is 10.2 Å². The first-order chi connectivity index (χ1) is 12.0. The molecule has 1 aromatic rings. The Morgan fingerprint density at radius 3 is 2.68 bits per heavy atom. The van der Waals surface area contributed by atoms with Crippen molar-refractivity contribution in [2.24, 2.45) is 7.05 Å². The van der Waals surface area contributed by atoms with Crippen molar-refractivity contribution in [3.05, 3.63) is 12.4 Å². The summed E-state index contributed by atoms with van der Waals surface area (Å²) in [5, 5.41) is 7.28. The van der Waals surface area contributed by atoms with Gasteiger partial charge in [0.2, 0.25) is 0 Å². The summed E-state index contributed by atoms with van der Waals surface area (Å²) in [7, 11) is 1.92. The Balaban J connectivity index is 1.39. The zero-order valence-corrected chi connectivity index (χ0v) is 15.6. The van der Waals surface area contributed by atoms with E-state index in [4.69, 9.17) is 4.74 Å². The number of hydrogen-bond acceptors (Lipinski definition) is 5. The predicted molar refractivity (Wildman–Crippen MR) is 96.9 cm³/mol. The normalized spacial score (nSPS) is 21.4. The second-order valence-corrected chi connectivity index (χ2v) is 7.43. The zero-order chi connectivity index (χ0) is 17.9. The number of aromatic nitrogens is 2. The number of nitrogens with one attached hydrogen (secondary N) is 1. The topological polar surface area (TPSA) is 65.9 Å². The van der Waals surface area contributed by atoms with E-state index in [-0.39, 0.29) is 11.6 Å². The van der Waals surface area contributed by atoms with Crippen molar-refractivity contribution in [1.29, 1.82) is 0 Å². The molecule has 0 saturated carbocycles. The van der Waals surface area contributed by atoms with E-state index in [1.807, 2.05) is 29.0 Å². The van der Waals surface area contributed by atoms with Crippen LogP contribution in [-0.2, 0) is 11.8 Å². The Bertz CT molecular complexity index is 579. The van der Waals surface area contributed by atoms with Crippen LogP contribution in [0.2, 0.25) is 0 Å². The molecule has 2 aliphatic heterocycles. The molecule has 3 rings (SSSR count). The van der Waals surface area contributed by atoms with Crippen molar-refractivity contribution in [1.82, 2.24) is 24.9 Å². The SMILES string of the molecule is Cn1cc(N2CCN(C(=O)NCCN3CCOCC3(C)C)CC2)cn1. The van der Waals surface area contributed by atoms with Gasteiger partial charge in [-0.15, -0.1) is 0 Å². The van der Waals surface area contributed by atoms with E-state index < -0.39 is 0 Å². The number of carbonyl (C=O) groups excluding carboxylic acids is 1. The van der Waals surface area contributed by atoms with Gasteiger partial charge in [0.1, 0.15) is 0 Å². The van der Waals surface area contributed by atoms with Gasteiger partial charge in [-0.05, 0) is 13.8 Å². The molecule has 0 unspecified atom stereocenters. The molecule has 2 saturated heterocycles. The summed E-state index contributed by atoms with van der Waals surface area (Å²) in [6, 6.07) is 0.0388. The highest BCUT2D eigenvalue weighted by Crippen LogP contribution is 2.18. The molecule has 0 bridgehead atoms. The number of amides is 2. The van der Waals surface area contributed by atoms with Crippen molar-refractivity contribution >= 4 is 11.7 Å². The maximum atomic E-state index is 12.4. The Hall–Kier alpha value is -1.80. The summed E-state index contributed by atoms with van der Waals surface area (Å²) < 4.78 is 7.34. The summed E-state index contributed by atoms with van der Waals surface area (Å²) in [5.74, 6) is 0. The highest BCUT2D eigenvalue weighted by Gasteiger charge is 2.30. The Kier molecular flexibility index (Phi) is 5.48. The largest absolute Gasteiger partial charge is 0.378 e. The van der Waals surface area contributed by atoms with Crippen LogP contribution in [0.3, 0.4) is 0 Å². The standard InChI is InChI=1S/C17H30N6O2/c1-17(2)14-25-11-10-23(17)5-4-18-16(24)22-8-6-21(7-9-22)15-12-19-20(3)13-15/h12-13H,4-11,14H2,1-3H3,(H,18,24). The molecule has 1 aromatic heterocycles. The molecule has 0 atom stereocenters. The summed E-state index contributed by atoms with van der Waals surface area (Å²) in [6.45, 7) is 11.5. The smallest absolute Gasteiger partial charge is 0.317 e. The molecule has 2 fully saturated rings. The number of ether oxygens (including phenoxy) is 1. The summed E-state index contributed by atoms with van der Waals surface area (Å²) in [6.07, 6.45) is 3.89. The van der Waals surface area contributed by atoms with Crippen molar-refractivity contribution in [2.75, 3.05) is 63.9 Å². The van der Waals surface area contributed by atoms with Crippen LogP contribution in [0, 0.1) is 0 Å². The fourth-order valence-electron chi connectivity index (χ4n) is 3.45. The fourth-order valence-corrected chi connectivity index (χ4v) is 3.45. The van der Waals surface area contributed by atoms with E-state index in [1.165, 1.54) is 0 Å². The number of morpholine rings is 1. The van der Waals surface area contributed by atoms with Gasteiger partial charge < -0.3 is 19.9 Å². The zero-order valence-electron chi connectivity index (χ0n) is 15.6. The number of nitrogens with zero attached hydrogens (tertiary/aromatic N) is 5. The van der Waals surface area contributed by atoms with Gasteiger partial charge in [-0.25, -0.2) is 4.79 Å². The number of hydrogen-bond donors (Lipinski definition) is 1. The second kappa shape index (κ2) is 7.61. The van der Waals surface area contributed by atoms with Gasteiger partial charge in [-0.1, -0.05) is 0 Å². The maximum Gasteiger partial charge on any atom is 0.317 e. The quantitative estimate of drug-likeness (QED) is 0.850. The summed E-state index contributed by atoms with van der Waals surface area (Å²) in [5.41, 5.74) is 1.16. The van der Waals surface area contributed by atoms with Gasteiger partial charge in [-0.3, -0.25) is 9.58 Å². The third-order valence-corrected chi connectivity index (χ3v) is 5.10. The fraction of sp³-hybridized carbons (Fsp3) is 0.765. The van der Waals surface area contributed by atoms with Crippen molar-refractivity contribution in [3.8, 4) is 0 Å². The average molecular weight is 350 g/mol. The molecule has 25 heavy (non-hydrogen) atoms. The molecular formula is C17H30N6O2. The lowest BCUT2D eigenvalue weighted by atomic mass is 10.0. The van der Waals surface area contributed by atoms with Gasteiger partial charge in [0.25, 0.3) is 0 Å². The third kappa shape index (κ3) is 4.43. The molecular weight excluding hydrogens is 320 g/mol. The van der Waals surface area contributed by atoms with Gasteiger partial charge in [0.15, 0.2) is 0 Å². The molecule has 0 aliphatic carbocycles. The minimum absolute atomic E-state index is 0.0388. The van der Waals surface area contributed by atoms with Gasteiger partial charge in [0.05, 0.1) is 25.1 Å². The lowest BCUT2D eigenvalue weighted by molar-refractivity contribution is -0.0498. The van der Waals surface area contributed by atoms with E-state index in [0.717, 1.165) is 58.2 Å². The van der Waals surface area contributed by atoms with Crippen LogP contribution in [0.25, 0.3) is 0 Å². The van der Waals surface area contributed by atoms with Crippen molar-refractivity contribution in [2.45, 2.75) is 19.4 Å². The van der Waals surface area contributed by atoms with E-state index in [2.05, 4.69) is 34.1 Å². The van der Waals surface area contributed by atoms with Crippen LogP contribution >= 0.6 is 0 Å². The monoisotopic (exact) mass is 350 g/mol. The summed E-state index contributed by atoms with van der Waals surface area (Å²) >= 11 is 0. The van der Waals surface area contributed by atoms with Gasteiger partial charge in [-0.2, -0.15) is 5.10 Å². The minimum atomic E-state index is 0.0388. The van der Waals surface area contributed by atoms with E-state index >= 15 is 0 Å². The van der Waals surface area contributed by atoms with Gasteiger partial charge in [0, 0.05) is 64.6 Å². The molecule has 0 aromatic carbocycles. The van der Waals surface area contributed by atoms with Crippen molar-refractivity contribution in [3.63, 3.8) is 0 Å². The molecule has 0 spiro atoms. The maximum absolute atomic E-state index is 12.4. The highest BCUT2D eigenvalue weighted by molar-refractivity contribution is 5.74. The van der Waals surface area contributed by atoms with Gasteiger partial charge >= 0.3 is 6.03 Å². The van der Waals surface area contributed by atoms with E-state index in [9.17, 15) is 4.79 Å². The number of rotatable bonds is 4. The first kappa shape index (κ1) is 18.0. The molecule has 140 valence electrons. The third-order valence-electron chi connectivity index (χ3n) is 5.10. The molecule has 0 radical (unpaired) electrons. The molecule has 2 amide bonds. The van der Waals surface area contributed by atoms with Crippen LogP contribution in [0.4, 0.5) is 10.5 Å². The number of urea groups is 1. The van der Waals surface area contributed by atoms with Crippen LogP contribution in [-0.4, -0.2) is 90.2 Å². The first-order valence-corrected chi connectivity index (χ1v) is 9.05. The van der Waals surface area contributed by atoms with E-state index in [1.54, 1.807) is 0 Å². The summed E-state index contributed by atoms with van der Waals surface area (Å²) in [4.78, 5) is 18.9. The molecule has 8 nitrogen and oxygen atoms in total. The molecule has 3 heterocycles. The Labute approximate surface area is 149 Å². The van der Waals surface area contributed by atoms with Crippen LogP contribution in [0.15, 0.2) is 12.4 Å². The lowest BCUT2D eigenvalue weighted by Crippen LogP contribution is -2.56. The van der Waals surface area contributed by atoms with Crippen LogP contribution in [0.1, 0.15) is 13.8 Å². The number of piperazine rings is 1. The molecule has 2 aliphatic rings. The minimum Gasteiger partial charge on any atom is -0.378 e. The Morgan fingerprint density at radius 2 is 2.04 bits per heavy atom. The second-order valence-electron chi connectivity index (χ2n) is 7.43. The lowest BCUT2D eigenvalue weighted by Gasteiger charge is -2.42. The number of aryl methyl sites for hydroxylation is 1. The Morgan fingerprint density at radius 1 is 1.28 bits per heavy atom. The first-order valence-electron chi connectivity index (χ1n) is 9.05. The number of carbonyl (C=O) groups is 1. The predicted octanol–water partition coefficient (Wildman–Crippen LogP) is 0.363. The molecule has 1 N–H and O–H groups in total. The average Bonchev–Trinajstić information content (AvgIpc) is 3.03. The van der Waals surface area contributed by atoms with Crippen LogP contribution in [0.5, 0.6) is 0 Å². The van der Waals surface area contributed by atoms with E-state index in [0.29, 0.717) is 6.54 Å².